The van der Waals surface area contributed by atoms with Crippen molar-refractivity contribution in [3.05, 3.63) is 72.8 Å². The van der Waals surface area contributed by atoms with Gasteiger partial charge in [0.05, 0.1) is 0 Å². The minimum absolute atomic E-state index is 0.258. The van der Waals surface area contributed by atoms with Gasteiger partial charge in [-0.15, -0.1) is 10.2 Å². The minimum atomic E-state index is -0.258. The second-order valence-electron chi connectivity index (χ2n) is 7.12. The van der Waals surface area contributed by atoms with Crippen molar-refractivity contribution in [2.45, 2.75) is 39.5 Å². The van der Waals surface area contributed by atoms with Crippen LogP contribution in [0.5, 0.6) is 11.5 Å². The van der Waals surface area contributed by atoms with E-state index in [1.807, 2.05) is 62.4 Å². The lowest BCUT2D eigenvalue weighted by atomic mass is 10.2. The van der Waals surface area contributed by atoms with E-state index in [2.05, 4.69) is 10.2 Å². The highest BCUT2D eigenvalue weighted by atomic mass is 32.1. The van der Waals surface area contributed by atoms with E-state index in [4.69, 9.17) is 9.47 Å². The molecule has 1 heterocycles. The van der Waals surface area contributed by atoms with Crippen molar-refractivity contribution in [3.63, 3.8) is 0 Å². The molecule has 1 aromatic heterocycles. The Morgan fingerprint density at radius 2 is 1.12 bits per heavy atom. The molecule has 0 bridgehead atoms. The van der Waals surface area contributed by atoms with E-state index in [1.165, 1.54) is 11.3 Å². The zero-order valence-corrected chi connectivity index (χ0v) is 19.5. The molecule has 3 aromatic rings. The van der Waals surface area contributed by atoms with Crippen LogP contribution in [0.1, 0.15) is 39.5 Å². The van der Waals surface area contributed by atoms with Gasteiger partial charge in [-0.25, -0.2) is 0 Å². The predicted octanol–water partition coefficient (Wildman–Crippen LogP) is 6.40. The number of carbonyl (C=O) groups is 2. The average Bonchev–Trinajstić information content (AvgIpc) is 3.31. The molecule has 0 saturated carbocycles. The van der Waals surface area contributed by atoms with Gasteiger partial charge in [0.1, 0.15) is 21.5 Å². The van der Waals surface area contributed by atoms with E-state index in [9.17, 15) is 9.59 Å². The van der Waals surface area contributed by atoms with Crippen LogP contribution in [0, 0.1) is 0 Å². The van der Waals surface area contributed by atoms with E-state index in [-0.39, 0.29) is 11.9 Å². The number of ether oxygens (including phenoxy) is 2. The standard InChI is InChI=1S/C26H26N2O4S/c1-3-5-7-9-23(29)31-21-15-11-19(12-16-21)25-27-28-26(33-25)20-13-17-22(18-14-20)32-24(30)10-8-6-4-2/h3-6,11-18H,7-10H2,1-2H3. The molecule has 7 heteroatoms. The van der Waals surface area contributed by atoms with Crippen molar-refractivity contribution in [1.82, 2.24) is 10.2 Å². The second-order valence-corrected chi connectivity index (χ2v) is 8.10. The van der Waals surface area contributed by atoms with Crippen LogP contribution in [0.15, 0.2) is 72.8 Å². The van der Waals surface area contributed by atoms with Gasteiger partial charge in [-0.05, 0) is 75.2 Å². The Hall–Kier alpha value is -3.58. The normalized spacial score (nSPS) is 11.2. The first kappa shape index (κ1) is 24.1. The monoisotopic (exact) mass is 462 g/mol. The zero-order valence-electron chi connectivity index (χ0n) is 18.7. The molecule has 0 N–H and O–H groups in total. The van der Waals surface area contributed by atoms with Crippen LogP contribution in [0.2, 0.25) is 0 Å². The van der Waals surface area contributed by atoms with Crippen LogP contribution in [-0.4, -0.2) is 22.1 Å². The van der Waals surface area contributed by atoms with E-state index < -0.39 is 0 Å². The lowest BCUT2D eigenvalue weighted by Gasteiger charge is -2.04. The van der Waals surface area contributed by atoms with Gasteiger partial charge < -0.3 is 9.47 Å². The molecule has 33 heavy (non-hydrogen) atoms. The topological polar surface area (TPSA) is 78.4 Å². The summed E-state index contributed by atoms with van der Waals surface area (Å²) >= 11 is 1.45. The Kier molecular flexibility index (Phi) is 9.08. The molecule has 0 fully saturated rings. The highest BCUT2D eigenvalue weighted by Gasteiger charge is 2.11. The van der Waals surface area contributed by atoms with Crippen molar-refractivity contribution >= 4 is 23.3 Å². The highest BCUT2D eigenvalue weighted by molar-refractivity contribution is 7.17. The Bertz CT molecular complexity index is 1030. The Morgan fingerprint density at radius 1 is 0.727 bits per heavy atom. The number of benzene rings is 2. The van der Waals surface area contributed by atoms with Crippen LogP contribution >= 0.6 is 11.3 Å². The fourth-order valence-corrected chi connectivity index (χ4v) is 3.74. The SMILES string of the molecule is CC=CCCC(=O)Oc1ccc(-c2nnc(-c3ccc(OC(=O)CCC=CC)cc3)s2)cc1. The lowest BCUT2D eigenvalue weighted by molar-refractivity contribution is -0.135. The fourth-order valence-electron chi connectivity index (χ4n) is 2.89. The molecule has 170 valence electrons. The van der Waals surface area contributed by atoms with Gasteiger partial charge >= 0.3 is 11.9 Å². The molecule has 3 rings (SSSR count). The van der Waals surface area contributed by atoms with Crippen LogP contribution in [0.3, 0.4) is 0 Å². The average molecular weight is 463 g/mol. The zero-order chi connectivity index (χ0) is 23.5. The maximum absolute atomic E-state index is 11.8. The lowest BCUT2D eigenvalue weighted by Crippen LogP contribution is -2.06. The van der Waals surface area contributed by atoms with Gasteiger partial charge in [0.2, 0.25) is 0 Å². The van der Waals surface area contributed by atoms with Crippen LogP contribution in [-0.2, 0) is 9.59 Å². The van der Waals surface area contributed by atoms with Gasteiger partial charge in [-0.1, -0.05) is 35.6 Å². The van der Waals surface area contributed by atoms with Crippen molar-refractivity contribution in [1.29, 1.82) is 0 Å². The summed E-state index contributed by atoms with van der Waals surface area (Å²) in [7, 11) is 0. The Labute approximate surface area is 197 Å². The summed E-state index contributed by atoms with van der Waals surface area (Å²) in [5, 5.41) is 10.1. The van der Waals surface area contributed by atoms with Gasteiger partial charge in [-0.2, -0.15) is 0 Å². The number of aromatic nitrogens is 2. The molecule has 0 unspecified atom stereocenters. The molecule has 0 radical (unpaired) electrons. The quantitative estimate of drug-likeness (QED) is 0.197. The van der Waals surface area contributed by atoms with Crippen molar-refractivity contribution in [3.8, 4) is 32.6 Å². The molecule has 0 spiro atoms. The second kappa shape index (κ2) is 12.5. The molecule has 6 nitrogen and oxygen atoms in total. The van der Waals surface area contributed by atoms with Gasteiger partial charge in [0, 0.05) is 24.0 Å². The molecule has 0 saturated heterocycles. The number of nitrogens with zero attached hydrogens (tertiary/aromatic N) is 2. The summed E-state index contributed by atoms with van der Waals surface area (Å²) in [5.41, 5.74) is 1.78. The van der Waals surface area contributed by atoms with Gasteiger partial charge in [0.15, 0.2) is 0 Å². The maximum atomic E-state index is 11.8. The number of carbonyl (C=O) groups excluding carboxylic acids is 2. The van der Waals surface area contributed by atoms with E-state index in [0.29, 0.717) is 37.2 Å². The number of esters is 2. The summed E-state index contributed by atoms with van der Waals surface area (Å²) < 4.78 is 10.7. The smallest absolute Gasteiger partial charge is 0.311 e. The Balaban J connectivity index is 1.59. The van der Waals surface area contributed by atoms with Gasteiger partial charge in [-0.3, -0.25) is 9.59 Å². The number of hydrogen-bond donors (Lipinski definition) is 0. The third-order valence-corrected chi connectivity index (χ3v) is 5.61. The summed E-state index contributed by atoms with van der Waals surface area (Å²) in [6, 6.07) is 14.4. The fraction of sp³-hybridized carbons (Fsp3) is 0.231. The first-order valence-electron chi connectivity index (χ1n) is 10.8. The molecule has 0 aliphatic carbocycles. The van der Waals surface area contributed by atoms with Crippen LogP contribution < -0.4 is 9.47 Å². The Morgan fingerprint density at radius 3 is 1.48 bits per heavy atom. The molecule has 0 aliphatic rings. The van der Waals surface area contributed by atoms with Crippen molar-refractivity contribution in [2.24, 2.45) is 0 Å². The molecular formula is C26H26N2O4S. The molecule has 2 aromatic carbocycles. The summed E-state index contributed by atoms with van der Waals surface area (Å²) in [6.07, 6.45) is 9.72. The first-order chi connectivity index (χ1) is 16.1. The predicted molar refractivity (Wildman–Crippen MR) is 130 cm³/mol. The molecule has 0 atom stereocenters. The summed E-state index contributed by atoms with van der Waals surface area (Å²) in [6.45, 7) is 3.84. The first-order valence-corrected chi connectivity index (χ1v) is 11.6. The number of rotatable bonds is 10. The molecular weight excluding hydrogens is 436 g/mol. The van der Waals surface area contributed by atoms with E-state index in [0.717, 1.165) is 21.1 Å². The largest absolute Gasteiger partial charge is 0.427 e. The van der Waals surface area contributed by atoms with Crippen molar-refractivity contribution < 1.29 is 19.1 Å². The number of hydrogen-bond acceptors (Lipinski definition) is 7. The highest BCUT2D eigenvalue weighted by Crippen LogP contribution is 2.31. The van der Waals surface area contributed by atoms with E-state index >= 15 is 0 Å². The maximum Gasteiger partial charge on any atom is 0.311 e. The van der Waals surface area contributed by atoms with Gasteiger partial charge in [0.25, 0.3) is 0 Å². The van der Waals surface area contributed by atoms with Crippen molar-refractivity contribution in [2.75, 3.05) is 0 Å². The summed E-state index contributed by atoms with van der Waals surface area (Å²) in [5.74, 6) is 0.492. The third kappa shape index (κ3) is 7.50. The van der Waals surface area contributed by atoms with Crippen LogP contribution in [0.4, 0.5) is 0 Å². The number of allylic oxidation sites excluding steroid dienone is 4. The van der Waals surface area contributed by atoms with Crippen LogP contribution in [0.25, 0.3) is 21.1 Å². The third-order valence-electron chi connectivity index (χ3n) is 4.59. The summed E-state index contributed by atoms with van der Waals surface area (Å²) in [4.78, 5) is 23.7. The minimum Gasteiger partial charge on any atom is -0.427 e. The van der Waals surface area contributed by atoms with E-state index in [1.54, 1.807) is 24.3 Å². The molecule has 0 aliphatic heterocycles. The molecule has 0 amide bonds.